The van der Waals surface area contributed by atoms with Gasteiger partial charge in [-0.05, 0) is 30.7 Å². The molecule has 1 aliphatic rings. The molecular weight excluding hydrogens is 300 g/mol. The van der Waals surface area contributed by atoms with Crippen LogP contribution in [0.2, 0.25) is 5.02 Å². The van der Waals surface area contributed by atoms with Gasteiger partial charge in [-0.1, -0.05) is 17.7 Å². The minimum Gasteiger partial charge on any atom is -0.369 e. The number of aromatic nitrogens is 1. The topological polar surface area (TPSA) is 71.9 Å². The van der Waals surface area contributed by atoms with Gasteiger partial charge in [-0.15, -0.1) is 0 Å². The SMILES string of the molecule is N#Cc1c[nH]c(C(=O)NC2CCN(c3cccc(Cl)c3)C2)c1. The van der Waals surface area contributed by atoms with Crippen molar-refractivity contribution in [3.63, 3.8) is 0 Å². The number of H-pyrrole nitrogens is 1. The number of rotatable bonds is 3. The van der Waals surface area contributed by atoms with E-state index in [0.29, 0.717) is 16.3 Å². The lowest BCUT2D eigenvalue weighted by Gasteiger charge is -2.19. The number of halogens is 1. The standard InChI is InChI=1S/C16H15ClN4O/c17-12-2-1-3-14(7-12)21-5-4-13(10-21)20-16(22)15-6-11(8-18)9-19-15/h1-3,6-7,9,13,19H,4-5,10H2,(H,20,22). The summed E-state index contributed by atoms with van der Waals surface area (Å²) in [6, 6.07) is 11.3. The number of nitrogens with zero attached hydrogens (tertiary/aromatic N) is 2. The number of hydrogen-bond acceptors (Lipinski definition) is 3. The molecule has 0 saturated carbocycles. The molecule has 1 aliphatic heterocycles. The molecule has 2 aromatic rings. The zero-order chi connectivity index (χ0) is 15.5. The van der Waals surface area contributed by atoms with Gasteiger partial charge >= 0.3 is 0 Å². The van der Waals surface area contributed by atoms with Crippen molar-refractivity contribution in [1.29, 1.82) is 5.26 Å². The smallest absolute Gasteiger partial charge is 0.268 e. The van der Waals surface area contributed by atoms with Crippen molar-refractivity contribution in [2.24, 2.45) is 0 Å². The van der Waals surface area contributed by atoms with E-state index in [1.807, 2.05) is 30.3 Å². The first-order valence-corrected chi connectivity index (χ1v) is 7.43. The van der Waals surface area contributed by atoms with Crippen molar-refractivity contribution in [2.75, 3.05) is 18.0 Å². The molecule has 1 aromatic carbocycles. The molecule has 112 valence electrons. The third kappa shape index (κ3) is 3.07. The number of anilines is 1. The lowest BCUT2D eigenvalue weighted by atomic mass is 10.2. The Kier molecular flexibility index (Phi) is 4.03. The minimum atomic E-state index is -0.181. The van der Waals surface area contributed by atoms with Crippen molar-refractivity contribution in [3.8, 4) is 6.07 Å². The van der Waals surface area contributed by atoms with E-state index in [1.165, 1.54) is 6.20 Å². The Hall–Kier alpha value is -2.45. The van der Waals surface area contributed by atoms with E-state index in [1.54, 1.807) is 6.07 Å². The summed E-state index contributed by atoms with van der Waals surface area (Å²) in [5, 5.41) is 12.5. The Morgan fingerprint density at radius 1 is 1.45 bits per heavy atom. The van der Waals surface area contributed by atoms with Crippen LogP contribution in [0.3, 0.4) is 0 Å². The fourth-order valence-corrected chi connectivity index (χ4v) is 2.82. The van der Waals surface area contributed by atoms with Crippen LogP contribution in [0.15, 0.2) is 36.5 Å². The highest BCUT2D eigenvalue weighted by Crippen LogP contribution is 2.23. The second kappa shape index (κ2) is 6.12. The van der Waals surface area contributed by atoms with Crippen LogP contribution in [-0.4, -0.2) is 30.0 Å². The zero-order valence-corrected chi connectivity index (χ0v) is 12.6. The van der Waals surface area contributed by atoms with Crippen LogP contribution in [0.1, 0.15) is 22.5 Å². The van der Waals surface area contributed by atoms with E-state index in [2.05, 4.69) is 15.2 Å². The summed E-state index contributed by atoms with van der Waals surface area (Å²) in [5.74, 6) is -0.181. The lowest BCUT2D eigenvalue weighted by molar-refractivity contribution is 0.0936. The highest BCUT2D eigenvalue weighted by Gasteiger charge is 2.25. The molecule has 0 radical (unpaired) electrons. The number of benzene rings is 1. The van der Waals surface area contributed by atoms with Gasteiger partial charge in [-0.2, -0.15) is 5.26 Å². The maximum Gasteiger partial charge on any atom is 0.268 e. The highest BCUT2D eigenvalue weighted by atomic mass is 35.5. The van der Waals surface area contributed by atoms with Gasteiger partial charge in [0, 0.05) is 36.0 Å². The summed E-state index contributed by atoms with van der Waals surface area (Å²) in [5.41, 5.74) is 1.94. The van der Waals surface area contributed by atoms with E-state index < -0.39 is 0 Å². The largest absolute Gasteiger partial charge is 0.369 e. The van der Waals surface area contributed by atoms with Gasteiger partial charge < -0.3 is 15.2 Å². The first-order chi connectivity index (χ1) is 10.7. The molecule has 1 fully saturated rings. The Morgan fingerprint density at radius 3 is 3.05 bits per heavy atom. The molecule has 0 spiro atoms. The molecule has 1 unspecified atom stereocenters. The third-order valence-electron chi connectivity index (χ3n) is 3.75. The van der Waals surface area contributed by atoms with Gasteiger partial charge in [0.2, 0.25) is 0 Å². The Labute approximate surface area is 133 Å². The van der Waals surface area contributed by atoms with Crippen LogP contribution in [0.25, 0.3) is 0 Å². The van der Waals surface area contributed by atoms with Crippen molar-refractivity contribution >= 4 is 23.2 Å². The molecule has 0 aliphatic carbocycles. The summed E-state index contributed by atoms with van der Waals surface area (Å²) >= 11 is 6.01. The van der Waals surface area contributed by atoms with Crippen LogP contribution >= 0.6 is 11.6 Å². The molecule has 2 N–H and O–H groups in total. The van der Waals surface area contributed by atoms with Gasteiger partial charge in [-0.25, -0.2) is 0 Å². The number of carbonyl (C=O) groups excluding carboxylic acids is 1. The van der Waals surface area contributed by atoms with E-state index in [0.717, 1.165) is 25.2 Å². The molecule has 1 atom stereocenters. The van der Waals surface area contributed by atoms with Crippen LogP contribution in [0, 0.1) is 11.3 Å². The lowest BCUT2D eigenvalue weighted by Crippen LogP contribution is -2.37. The van der Waals surface area contributed by atoms with E-state index in [9.17, 15) is 4.79 Å². The summed E-state index contributed by atoms with van der Waals surface area (Å²) in [4.78, 5) is 17.2. The predicted octanol–water partition coefficient (Wildman–Crippen LogP) is 2.55. The highest BCUT2D eigenvalue weighted by molar-refractivity contribution is 6.30. The second-order valence-corrected chi connectivity index (χ2v) is 5.74. The zero-order valence-electron chi connectivity index (χ0n) is 11.8. The van der Waals surface area contributed by atoms with Crippen LogP contribution in [-0.2, 0) is 0 Å². The summed E-state index contributed by atoms with van der Waals surface area (Å²) in [7, 11) is 0. The molecule has 5 nitrogen and oxygen atoms in total. The van der Waals surface area contributed by atoms with E-state index in [-0.39, 0.29) is 11.9 Å². The van der Waals surface area contributed by atoms with Crippen molar-refractivity contribution < 1.29 is 4.79 Å². The number of nitrogens with one attached hydrogen (secondary N) is 2. The molecule has 0 bridgehead atoms. The maximum absolute atomic E-state index is 12.1. The minimum absolute atomic E-state index is 0.0836. The summed E-state index contributed by atoms with van der Waals surface area (Å²) < 4.78 is 0. The molecule has 2 heterocycles. The van der Waals surface area contributed by atoms with Gasteiger partial charge in [0.25, 0.3) is 5.91 Å². The summed E-state index contributed by atoms with van der Waals surface area (Å²) in [6.45, 7) is 1.62. The average Bonchev–Trinajstić information content (AvgIpc) is 3.16. The van der Waals surface area contributed by atoms with Gasteiger partial charge in [-0.3, -0.25) is 4.79 Å². The quantitative estimate of drug-likeness (QED) is 0.914. The molecule has 1 aromatic heterocycles. The molecular formula is C16H15ClN4O. The van der Waals surface area contributed by atoms with Crippen LogP contribution < -0.4 is 10.2 Å². The van der Waals surface area contributed by atoms with Gasteiger partial charge in [0.1, 0.15) is 11.8 Å². The van der Waals surface area contributed by atoms with Crippen molar-refractivity contribution in [3.05, 3.63) is 52.8 Å². The fraction of sp³-hybridized carbons (Fsp3) is 0.250. The normalized spacial score (nSPS) is 17.3. The second-order valence-electron chi connectivity index (χ2n) is 5.30. The van der Waals surface area contributed by atoms with E-state index in [4.69, 9.17) is 16.9 Å². The third-order valence-corrected chi connectivity index (χ3v) is 3.99. The number of amides is 1. The van der Waals surface area contributed by atoms with Crippen molar-refractivity contribution in [1.82, 2.24) is 10.3 Å². The first-order valence-electron chi connectivity index (χ1n) is 7.05. The number of nitriles is 1. The predicted molar refractivity (Wildman–Crippen MR) is 85.0 cm³/mol. The first kappa shape index (κ1) is 14.5. The molecule has 1 amide bonds. The molecule has 6 heteroatoms. The molecule has 1 saturated heterocycles. The number of aromatic amines is 1. The van der Waals surface area contributed by atoms with Gasteiger partial charge in [0.05, 0.1) is 5.56 Å². The Morgan fingerprint density at radius 2 is 2.32 bits per heavy atom. The Bertz CT molecular complexity index is 734. The maximum atomic E-state index is 12.1. The van der Waals surface area contributed by atoms with E-state index >= 15 is 0 Å². The summed E-state index contributed by atoms with van der Waals surface area (Å²) in [6.07, 6.45) is 2.41. The van der Waals surface area contributed by atoms with Gasteiger partial charge in [0.15, 0.2) is 0 Å². The van der Waals surface area contributed by atoms with Crippen LogP contribution in [0.5, 0.6) is 0 Å². The van der Waals surface area contributed by atoms with Crippen molar-refractivity contribution in [2.45, 2.75) is 12.5 Å². The number of carbonyl (C=O) groups is 1. The number of hydrogen-bond donors (Lipinski definition) is 2. The fourth-order valence-electron chi connectivity index (χ4n) is 2.64. The monoisotopic (exact) mass is 314 g/mol. The molecule has 3 rings (SSSR count). The van der Waals surface area contributed by atoms with Crippen LogP contribution in [0.4, 0.5) is 5.69 Å². The average molecular weight is 315 g/mol. The Balaban J connectivity index is 1.61. The molecule has 22 heavy (non-hydrogen) atoms.